The predicted molar refractivity (Wildman–Crippen MR) is 69.5 cm³/mol. The van der Waals surface area contributed by atoms with Crippen molar-refractivity contribution in [1.82, 2.24) is 0 Å². The van der Waals surface area contributed by atoms with Gasteiger partial charge < -0.3 is 19.7 Å². The molecule has 0 unspecified atom stereocenters. The summed E-state index contributed by atoms with van der Waals surface area (Å²) in [7, 11) is 0. The largest absolute Gasteiger partial charge is 0.478 e. The van der Waals surface area contributed by atoms with Crippen LogP contribution in [-0.4, -0.2) is 46.0 Å². The summed E-state index contributed by atoms with van der Waals surface area (Å²) >= 11 is 0. The highest BCUT2D eigenvalue weighted by molar-refractivity contribution is 6.04. The summed E-state index contributed by atoms with van der Waals surface area (Å²) < 4.78 is 8.27. The third kappa shape index (κ3) is 9.90. The number of carboxylic acids is 2. The molecule has 0 aromatic heterocycles. The molecule has 0 saturated heterocycles. The van der Waals surface area contributed by atoms with Gasteiger partial charge in [0.2, 0.25) is 0 Å². The molecule has 0 amide bonds. The average molecular weight is 326 g/mol. The topological polar surface area (TPSA) is 161 Å². The minimum Gasteiger partial charge on any atom is -0.478 e. The normalized spacial score (nSPS) is 10.3. The van der Waals surface area contributed by atoms with E-state index < -0.39 is 47.8 Å². The molecule has 0 atom stereocenters. The number of rotatable bonds is 7. The van der Waals surface area contributed by atoms with Gasteiger partial charge >= 0.3 is 35.8 Å². The molecule has 0 aromatic carbocycles. The fourth-order valence-electron chi connectivity index (χ4n) is 0.905. The van der Waals surface area contributed by atoms with E-state index in [2.05, 4.69) is 16.1 Å². The molecule has 0 radical (unpaired) electrons. The Kier molecular flexibility index (Phi) is 7.94. The van der Waals surface area contributed by atoms with Crippen LogP contribution in [0.3, 0.4) is 0 Å². The zero-order chi connectivity index (χ0) is 18.0. The summed E-state index contributed by atoms with van der Waals surface area (Å²) in [5.41, 5.74) is -0.540. The molecule has 0 fully saturated rings. The van der Waals surface area contributed by atoms with Gasteiger partial charge in [-0.2, -0.15) is 0 Å². The second-order valence-corrected chi connectivity index (χ2v) is 3.63. The highest BCUT2D eigenvalue weighted by Crippen LogP contribution is 2.04. The van der Waals surface area contributed by atoms with Crippen LogP contribution >= 0.6 is 0 Å². The molecule has 0 rings (SSSR count). The summed E-state index contributed by atoms with van der Waals surface area (Å²) in [6.07, 6.45) is 1.00. The number of hydrogen-bond acceptors (Lipinski definition) is 8. The number of carbonyl (C=O) groups is 6. The van der Waals surface area contributed by atoms with Crippen molar-refractivity contribution in [3.63, 3.8) is 0 Å². The van der Waals surface area contributed by atoms with Gasteiger partial charge in [0.25, 0.3) is 0 Å². The average Bonchev–Trinajstić information content (AvgIpc) is 2.42. The second-order valence-electron chi connectivity index (χ2n) is 3.63. The Morgan fingerprint density at radius 3 is 1.65 bits per heavy atom. The van der Waals surface area contributed by atoms with Crippen molar-refractivity contribution in [2.75, 3.05) is 0 Å². The molecule has 0 aliphatic rings. The molecule has 0 spiro atoms. The van der Waals surface area contributed by atoms with E-state index in [1.165, 1.54) is 0 Å². The van der Waals surface area contributed by atoms with Crippen molar-refractivity contribution in [3.05, 3.63) is 36.5 Å². The maximum absolute atomic E-state index is 11.3. The lowest BCUT2D eigenvalue weighted by molar-refractivity contribution is -0.159. The zero-order valence-electron chi connectivity index (χ0n) is 11.4. The number of hydrogen-bond donors (Lipinski definition) is 2. The maximum atomic E-state index is 11.3. The minimum absolute atomic E-state index is 0.431. The molecule has 10 heteroatoms. The van der Waals surface area contributed by atoms with Crippen molar-refractivity contribution >= 4 is 35.8 Å². The quantitative estimate of drug-likeness (QED) is 0.349. The fraction of sp³-hybridized carbons (Fsp3) is 0.0769. The van der Waals surface area contributed by atoms with Gasteiger partial charge in [-0.1, -0.05) is 6.58 Å². The third-order valence-electron chi connectivity index (χ3n) is 1.78. The molecule has 2 N–H and O–H groups in total. The molecule has 23 heavy (non-hydrogen) atoms. The van der Waals surface area contributed by atoms with Crippen LogP contribution in [-0.2, 0) is 38.2 Å². The monoisotopic (exact) mass is 326 g/mol. The standard InChI is InChI=1S/C13H10O10/c1-7(13(21)23-11(19)5-3-9(16)17)6-12(20)22-10(18)4-2-8(14)15/h2-5H,1,6H2,(H,14,15)(H,16,17)/b4-2+,5-3+. The Bertz CT molecular complexity index is 623. The fourth-order valence-corrected chi connectivity index (χ4v) is 0.905. The number of ether oxygens (including phenoxy) is 2. The summed E-state index contributed by atoms with van der Waals surface area (Å²) in [6.45, 7) is 3.13. The highest BCUT2D eigenvalue weighted by atomic mass is 16.6. The summed E-state index contributed by atoms with van der Waals surface area (Å²) in [4.78, 5) is 64.8. The molecule has 0 aliphatic carbocycles. The Morgan fingerprint density at radius 1 is 0.783 bits per heavy atom. The van der Waals surface area contributed by atoms with Crippen LogP contribution < -0.4 is 0 Å². The number of esters is 4. The van der Waals surface area contributed by atoms with Crippen LogP contribution in [0, 0.1) is 0 Å². The van der Waals surface area contributed by atoms with Crippen molar-refractivity contribution in [2.24, 2.45) is 0 Å². The van der Waals surface area contributed by atoms with Crippen LogP contribution in [0.25, 0.3) is 0 Å². The Balaban J connectivity index is 4.41. The first kappa shape index (κ1) is 19.4. The highest BCUT2D eigenvalue weighted by Gasteiger charge is 2.18. The minimum atomic E-state index is -1.44. The van der Waals surface area contributed by atoms with Crippen LogP contribution in [0.4, 0.5) is 0 Å². The van der Waals surface area contributed by atoms with Gasteiger partial charge in [-0.3, -0.25) is 4.79 Å². The Hall–Kier alpha value is -3.56. The van der Waals surface area contributed by atoms with Crippen LogP contribution in [0.5, 0.6) is 0 Å². The first-order chi connectivity index (χ1) is 10.6. The predicted octanol–water partition coefficient (Wildman–Crippen LogP) is -0.646. The molecule has 0 heterocycles. The Labute approximate surface area is 128 Å². The number of aliphatic carboxylic acids is 2. The summed E-state index contributed by atoms with van der Waals surface area (Å²) in [5, 5.41) is 16.5. The van der Waals surface area contributed by atoms with Crippen LogP contribution in [0.15, 0.2) is 36.5 Å². The second kappa shape index (κ2) is 9.39. The van der Waals surface area contributed by atoms with Gasteiger partial charge in [-0.05, 0) is 0 Å². The SMILES string of the molecule is C=C(CC(=O)OC(=O)/C=C/C(=O)O)C(=O)OC(=O)/C=C/C(=O)O. The van der Waals surface area contributed by atoms with E-state index in [1.54, 1.807) is 0 Å². The molecule has 122 valence electrons. The van der Waals surface area contributed by atoms with Gasteiger partial charge in [0, 0.05) is 29.9 Å². The van der Waals surface area contributed by atoms with Crippen molar-refractivity contribution in [2.45, 2.75) is 6.42 Å². The number of carbonyl (C=O) groups excluding carboxylic acids is 4. The van der Waals surface area contributed by atoms with E-state index in [0.717, 1.165) is 0 Å². The zero-order valence-corrected chi connectivity index (χ0v) is 11.4. The lowest BCUT2D eigenvalue weighted by atomic mass is 10.2. The van der Waals surface area contributed by atoms with E-state index in [1.807, 2.05) is 0 Å². The van der Waals surface area contributed by atoms with Crippen molar-refractivity contribution < 1.29 is 48.5 Å². The van der Waals surface area contributed by atoms with E-state index in [-0.39, 0.29) is 0 Å². The maximum Gasteiger partial charge on any atom is 0.341 e. The van der Waals surface area contributed by atoms with Crippen molar-refractivity contribution in [1.29, 1.82) is 0 Å². The van der Waals surface area contributed by atoms with Crippen LogP contribution in [0.2, 0.25) is 0 Å². The van der Waals surface area contributed by atoms with E-state index in [9.17, 15) is 28.8 Å². The van der Waals surface area contributed by atoms with Gasteiger partial charge in [-0.15, -0.1) is 0 Å². The molecule has 10 nitrogen and oxygen atoms in total. The van der Waals surface area contributed by atoms with E-state index in [0.29, 0.717) is 24.3 Å². The molecular formula is C13H10O10. The molecule has 0 bridgehead atoms. The first-order valence-electron chi connectivity index (χ1n) is 5.62. The molecular weight excluding hydrogens is 316 g/mol. The van der Waals surface area contributed by atoms with E-state index in [4.69, 9.17) is 10.2 Å². The smallest absolute Gasteiger partial charge is 0.341 e. The third-order valence-corrected chi connectivity index (χ3v) is 1.78. The molecule has 0 aromatic rings. The van der Waals surface area contributed by atoms with Gasteiger partial charge in [-0.25, -0.2) is 24.0 Å². The van der Waals surface area contributed by atoms with Gasteiger partial charge in [0.05, 0.1) is 6.42 Å². The lowest BCUT2D eigenvalue weighted by Gasteiger charge is -2.03. The summed E-state index contributed by atoms with van der Waals surface area (Å²) in [5.74, 6) is -8.01. The van der Waals surface area contributed by atoms with Gasteiger partial charge in [0.15, 0.2) is 0 Å². The lowest BCUT2D eigenvalue weighted by Crippen LogP contribution is -2.17. The first-order valence-corrected chi connectivity index (χ1v) is 5.62. The van der Waals surface area contributed by atoms with Crippen molar-refractivity contribution in [3.8, 4) is 0 Å². The number of carboxylic acid groups (broad SMARTS) is 2. The van der Waals surface area contributed by atoms with Gasteiger partial charge in [0.1, 0.15) is 0 Å². The Morgan fingerprint density at radius 2 is 1.22 bits per heavy atom. The summed E-state index contributed by atoms with van der Waals surface area (Å²) in [6, 6.07) is 0. The molecule has 0 saturated carbocycles. The molecule has 0 aliphatic heterocycles. The van der Waals surface area contributed by atoms with Crippen LogP contribution in [0.1, 0.15) is 6.42 Å². The van der Waals surface area contributed by atoms with E-state index >= 15 is 0 Å².